The van der Waals surface area contributed by atoms with Crippen molar-refractivity contribution in [1.29, 1.82) is 5.26 Å². The first kappa shape index (κ1) is 17.2. The number of benzene rings is 1. The molecular weight excluding hydrogens is 314 g/mol. The first-order valence-electron chi connectivity index (χ1n) is 8.61. The Bertz CT molecular complexity index is 754. The van der Waals surface area contributed by atoms with Crippen LogP contribution in [0.5, 0.6) is 0 Å². The molecule has 0 aliphatic carbocycles. The van der Waals surface area contributed by atoms with Gasteiger partial charge in [-0.15, -0.1) is 0 Å². The van der Waals surface area contributed by atoms with E-state index < -0.39 is 0 Å². The first-order valence-corrected chi connectivity index (χ1v) is 8.61. The average molecular weight is 337 g/mol. The molecular formula is C19H23N5O. The monoisotopic (exact) mass is 337 g/mol. The lowest BCUT2D eigenvalue weighted by molar-refractivity contribution is 0.0576. The Labute approximate surface area is 148 Å². The van der Waals surface area contributed by atoms with Crippen molar-refractivity contribution in [2.45, 2.75) is 19.9 Å². The average Bonchev–Trinajstić information content (AvgIpc) is 3.17. The summed E-state index contributed by atoms with van der Waals surface area (Å²) < 4.78 is 1.88. The summed E-state index contributed by atoms with van der Waals surface area (Å²) in [6.45, 7) is 6.91. The smallest absolute Gasteiger partial charge is 0.254 e. The van der Waals surface area contributed by atoms with Crippen LogP contribution in [0.2, 0.25) is 0 Å². The van der Waals surface area contributed by atoms with Crippen molar-refractivity contribution >= 4 is 5.91 Å². The molecule has 130 valence electrons. The Kier molecular flexibility index (Phi) is 5.15. The van der Waals surface area contributed by atoms with Crippen LogP contribution < -0.4 is 0 Å². The maximum absolute atomic E-state index is 12.8. The van der Waals surface area contributed by atoms with Gasteiger partial charge < -0.3 is 9.47 Å². The van der Waals surface area contributed by atoms with Crippen molar-refractivity contribution < 1.29 is 4.79 Å². The van der Waals surface area contributed by atoms with Gasteiger partial charge in [-0.25, -0.2) is 4.98 Å². The molecule has 6 heteroatoms. The van der Waals surface area contributed by atoms with Crippen LogP contribution in [0.15, 0.2) is 43.0 Å². The van der Waals surface area contributed by atoms with E-state index in [2.05, 4.69) is 29.8 Å². The highest BCUT2D eigenvalue weighted by molar-refractivity contribution is 5.94. The predicted molar refractivity (Wildman–Crippen MR) is 95.3 cm³/mol. The van der Waals surface area contributed by atoms with E-state index in [0.29, 0.717) is 24.6 Å². The molecule has 2 heterocycles. The molecule has 1 saturated heterocycles. The number of rotatable bonds is 4. The highest BCUT2D eigenvalue weighted by Crippen LogP contribution is 2.16. The van der Waals surface area contributed by atoms with Gasteiger partial charge in [-0.3, -0.25) is 9.69 Å². The minimum atomic E-state index is -0.0816. The molecule has 1 aromatic heterocycles. The molecule has 1 aromatic carbocycles. The molecule has 0 unspecified atom stereocenters. The predicted octanol–water partition coefficient (Wildman–Crippen LogP) is 2.18. The number of carbonyl (C=O) groups excluding carboxylic acids is 1. The van der Waals surface area contributed by atoms with E-state index in [1.54, 1.807) is 12.5 Å². The van der Waals surface area contributed by atoms with Gasteiger partial charge in [0.2, 0.25) is 0 Å². The zero-order valence-corrected chi connectivity index (χ0v) is 14.7. The molecule has 0 N–H and O–H groups in total. The van der Waals surface area contributed by atoms with E-state index in [0.717, 1.165) is 18.8 Å². The molecule has 1 fully saturated rings. The third-order valence-corrected chi connectivity index (χ3v) is 4.65. The largest absolute Gasteiger partial charge is 0.336 e. The number of imidazole rings is 1. The van der Waals surface area contributed by atoms with Crippen molar-refractivity contribution in [3.05, 3.63) is 48.5 Å². The lowest BCUT2D eigenvalue weighted by Gasteiger charge is -2.38. The SMILES string of the molecule is CC(C)[C@@H](C#N)N1CCN(C(=O)c2cccc(-n3ccnc3)c2)CC1. The van der Waals surface area contributed by atoms with E-state index in [-0.39, 0.29) is 11.9 Å². The zero-order chi connectivity index (χ0) is 17.8. The Hall–Kier alpha value is -2.65. The second kappa shape index (κ2) is 7.49. The minimum absolute atomic E-state index is 0.0414. The molecule has 0 saturated carbocycles. The number of hydrogen-bond acceptors (Lipinski definition) is 4. The maximum Gasteiger partial charge on any atom is 0.254 e. The van der Waals surface area contributed by atoms with Crippen LogP contribution >= 0.6 is 0 Å². The van der Waals surface area contributed by atoms with Gasteiger partial charge in [-0.2, -0.15) is 5.26 Å². The number of amides is 1. The summed E-state index contributed by atoms with van der Waals surface area (Å²) in [7, 11) is 0. The molecule has 3 rings (SSSR count). The molecule has 25 heavy (non-hydrogen) atoms. The molecule has 2 aromatic rings. The fourth-order valence-corrected chi connectivity index (χ4v) is 3.25. The molecule has 1 aliphatic rings. The number of piperazine rings is 1. The van der Waals surface area contributed by atoms with Crippen LogP contribution in [-0.4, -0.2) is 57.5 Å². The van der Waals surface area contributed by atoms with Crippen LogP contribution in [0.25, 0.3) is 5.69 Å². The van der Waals surface area contributed by atoms with E-state index in [1.165, 1.54) is 0 Å². The summed E-state index contributed by atoms with van der Waals surface area (Å²) in [5, 5.41) is 9.34. The van der Waals surface area contributed by atoms with E-state index in [1.807, 2.05) is 39.9 Å². The lowest BCUT2D eigenvalue weighted by atomic mass is 10.0. The zero-order valence-electron chi connectivity index (χ0n) is 14.7. The Morgan fingerprint density at radius 1 is 1.24 bits per heavy atom. The molecule has 1 atom stereocenters. The van der Waals surface area contributed by atoms with Crippen molar-refractivity contribution in [2.24, 2.45) is 5.92 Å². The maximum atomic E-state index is 12.8. The summed E-state index contributed by atoms with van der Waals surface area (Å²) in [4.78, 5) is 20.9. The van der Waals surface area contributed by atoms with Crippen LogP contribution in [0.1, 0.15) is 24.2 Å². The second-order valence-corrected chi connectivity index (χ2v) is 6.67. The van der Waals surface area contributed by atoms with Gasteiger partial charge in [0.1, 0.15) is 6.04 Å². The lowest BCUT2D eigenvalue weighted by Crippen LogP contribution is -2.52. The number of hydrogen-bond donors (Lipinski definition) is 0. The van der Waals surface area contributed by atoms with E-state index >= 15 is 0 Å². The minimum Gasteiger partial charge on any atom is -0.336 e. The first-order chi connectivity index (χ1) is 12.1. The number of nitriles is 1. The van der Waals surface area contributed by atoms with Gasteiger partial charge >= 0.3 is 0 Å². The normalized spacial score (nSPS) is 16.6. The summed E-state index contributed by atoms with van der Waals surface area (Å²) in [6.07, 6.45) is 5.29. The number of nitrogens with zero attached hydrogens (tertiary/aromatic N) is 5. The van der Waals surface area contributed by atoms with Crippen molar-refractivity contribution in [3.8, 4) is 11.8 Å². The summed E-state index contributed by atoms with van der Waals surface area (Å²) in [5.74, 6) is 0.332. The summed E-state index contributed by atoms with van der Waals surface area (Å²) >= 11 is 0. The highest BCUT2D eigenvalue weighted by Gasteiger charge is 2.28. The number of aromatic nitrogens is 2. The van der Waals surface area contributed by atoms with Gasteiger partial charge in [0.15, 0.2) is 0 Å². The van der Waals surface area contributed by atoms with Gasteiger partial charge in [-0.1, -0.05) is 19.9 Å². The van der Waals surface area contributed by atoms with Crippen LogP contribution in [0.4, 0.5) is 0 Å². The van der Waals surface area contributed by atoms with Gasteiger partial charge in [0, 0.05) is 49.8 Å². The fourth-order valence-electron chi connectivity index (χ4n) is 3.25. The molecule has 1 amide bonds. The van der Waals surface area contributed by atoms with Crippen molar-refractivity contribution in [1.82, 2.24) is 19.4 Å². The van der Waals surface area contributed by atoms with Crippen molar-refractivity contribution in [2.75, 3.05) is 26.2 Å². The Balaban J connectivity index is 1.67. The molecule has 0 spiro atoms. The third-order valence-electron chi connectivity index (χ3n) is 4.65. The van der Waals surface area contributed by atoms with Gasteiger partial charge in [0.05, 0.1) is 12.4 Å². The standard InChI is InChI=1S/C19H23N5O/c1-15(2)18(13-20)22-8-10-23(11-9-22)19(25)16-4-3-5-17(12-16)24-7-6-21-14-24/h3-7,12,14-15,18H,8-11H2,1-2H3/t18-/m1/s1. The van der Waals surface area contributed by atoms with Crippen LogP contribution in [0.3, 0.4) is 0 Å². The molecule has 0 bridgehead atoms. The van der Waals surface area contributed by atoms with Gasteiger partial charge in [0.25, 0.3) is 5.91 Å². The van der Waals surface area contributed by atoms with Crippen molar-refractivity contribution in [3.63, 3.8) is 0 Å². The Morgan fingerprint density at radius 3 is 2.60 bits per heavy atom. The highest BCUT2D eigenvalue weighted by atomic mass is 16.2. The van der Waals surface area contributed by atoms with Crippen LogP contribution in [0, 0.1) is 17.2 Å². The fraction of sp³-hybridized carbons (Fsp3) is 0.421. The molecule has 1 aliphatic heterocycles. The van der Waals surface area contributed by atoms with Gasteiger partial charge in [-0.05, 0) is 24.1 Å². The van der Waals surface area contributed by atoms with E-state index in [9.17, 15) is 10.1 Å². The summed E-state index contributed by atoms with van der Waals surface area (Å²) in [6, 6.07) is 9.89. The topological polar surface area (TPSA) is 65.2 Å². The van der Waals surface area contributed by atoms with Crippen LogP contribution in [-0.2, 0) is 0 Å². The Morgan fingerprint density at radius 2 is 2.00 bits per heavy atom. The van der Waals surface area contributed by atoms with E-state index in [4.69, 9.17) is 0 Å². The quantitative estimate of drug-likeness (QED) is 0.858. The molecule has 6 nitrogen and oxygen atoms in total. The molecule has 0 radical (unpaired) electrons. The summed E-state index contributed by atoms with van der Waals surface area (Å²) in [5.41, 5.74) is 1.60. The third kappa shape index (κ3) is 3.72. The number of carbonyl (C=O) groups is 1. The second-order valence-electron chi connectivity index (χ2n) is 6.67.